The lowest BCUT2D eigenvalue weighted by molar-refractivity contribution is -0.114. The number of amides is 2. The lowest BCUT2D eigenvalue weighted by Gasteiger charge is -2.31. The van der Waals surface area contributed by atoms with Crippen LogP contribution in [0.25, 0.3) is 0 Å². The number of hydrogen-bond donors (Lipinski definition) is 2. The first-order chi connectivity index (χ1) is 11.9. The van der Waals surface area contributed by atoms with Crippen molar-refractivity contribution in [3.63, 3.8) is 0 Å². The number of nitrogens with zero attached hydrogens (tertiary/aromatic N) is 1. The summed E-state index contributed by atoms with van der Waals surface area (Å²) in [6, 6.07) is 5.42. The van der Waals surface area contributed by atoms with Crippen LogP contribution in [0.15, 0.2) is 18.2 Å². The van der Waals surface area contributed by atoms with Gasteiger partial charge in [0.1, 0.15) is 0 Å². The van der Waals surface area contributed by atoms with Crippen LogP contribution in [0.1, 0.15) is 49.9 Å². The Morgan fingerprint density at radius 2 is 1.88 bits per heavy atom. The number of halogens is 2. The van der Waals surface area contributed by atoms with Crippen LogP contribution in [0.2, 0.25) is 0 Å². The van der Waals surface area contributed by atoms with Crippen LogP contribution in [0, 0.1) is 0 Å². The lowest BCUT2D eigenvalue weighted by atomic mass is 10.1. The number of alkyl halides is 2. The quantitative estimate of drug-likeness (QED) is 0.728. The van der Waals surface area contributed by atoms with E-state index in [0.717, 1.165) is 38.0 Å². The Balaban J connectivity index is 2.30. The van der Waals surface area contributed by atoms with Crippen molar-refractivity contribution in [2.24, 2.45) is 0 Å². The molecule has 1 atom stereocenters. The highest BCUT2D eigenvalue weighted by molar-refractivity contribution is 6.54. The smallest absolute Gasteiger partial charge is 0.257 e. The van der Waals surface area contributed by atoms with E-state index < -0.39 is 10.7 Å². The highest BCUT2D eigenvalue weighted by Gasteiger charge is 2.21. The van der Waals surface area contributed by atoms with Crippen molar-refractivity contribution in [1.29, 1.82) is 0 Å². The monoisotopic (exact) mass is 385 g/mol. The van der Waals surface area contributed by atoms with Gasteiger partial charge in [-0.3, -0.25) is 9.59 Å². The Morgan fingerprint density at radius 1 is 1.20 bits per heavy atom. The molecule has 1 aromatic rings. The topological polar surface area (TPSA) is 61.4 Å². The van der Waals surface area contributed by atoms with Crippen molar-refractivity contribution in [1.82, 2.24) is 5.32 Å². The molecular weight excluding hydrogens is 361 g/mol. The number of nitrogens with one attached hydrogen (secondary N) is 2. The first-order valence-electron chi connectivity index (χ1n) is 8.71. The molecule has 1 aromatic carbocycles. The van der Waals surface area contributed by atoms with Gasteiger partial charge < -0.3 is 15.5 Å². The molecule has 0 radical (unpaired) electrons. The summed E-state index contributed by atoms with van der Waals surface area (Å²) in [5.74, 6) is -0.651. The van der Waals surface area contributed by atoms with E-state index in [1.165, 1.54) is 6.42 Å². The SMILES string of the molecule is CC[C@@H](C)NC(=O)c1cc(NC(=O)C(Cl)Cl)ccc1N1CCCCC1. The van der Waals surface area contributed by atoms with Gasteiger partial charge in [-0.15, -0.1) is 0 Å². The molecular formula is C18H25Cl2N3O2. The van der Waals surface area contributed by atoms with Gasteiger partial charge in [0.15, 0.2) is 4.84 Å². The molecule has 0 bridgehead atoms. The van der Waals surface area contributed by atoms with Gasteiger partial charge in [0.05, 0.1) is 5.56 Å². The molecule has 0 aliphatic carbocycles. The van der Waals surface area contributed by atoms with Crippen molar-refractivity contribution in [2.75, 3.05) is 23.3 Å². The van der Waals surface area contributed by atoms with Gasteiger partial charge in [0.25, 0.3) is 11.8 Å². The third-order valence-corrected chi connectivity index (χ3v) is 4.79. The molecule has 1 saturated heterocycles. The highest BCUT2D eigenvalue weighted by atomic mass is 35.5. The molecule has 1 heterocycles. The van der Waals surface area contributed by atoms with E-state index >= 15 is 0 Å². The van der Waals surface area contributed by atoms with Crippen LogP contribution in [0.4, 0.5) is 11.4 Å². The normalized spacial score (nSPS) is 15.8. The molecule has 1 fully saturated rings. The molecule has 2 amide bonds. The van der Waals surface area contributed by atoms with Crippen molar-refractivity contribution in [3.05, 3.63) is 23.8 Å². The van der Waals surface area contributed by atoms with Gasteiger partial charge in [-0.05, 0) is 50.8 Å². The summed E-state index contributed by atoms with van der Waals surface area (Å²) in [6.45, 7) is 5.85. The second-order valence-corrected chi connectivity index (χ2v) is 7.45. The molecule has 2 rings (SSSR count). The molecule has 7 heteroatoms. The molecule has 0 aromatic heterocycles. The van der Waals surface area contributed by atoms with Gasteiger partial charge in [0, 0.05) is 30.5 Å². The van der Waals surface area contributed by atoms with Gasteiger partial charge in [-0.2, -0.15) is 0 Å². The average Bonchev–Trinajstić information content (AvgIpc) is 2.62. The summed E-state index contributed by atoms with van der Waals surface area (Å²) < 4.78 is 0. The van der Waals surface area contributed by atoms with Gasteiger partial charge in [-0.1, -0.05) is 30.1 Å². The fourth-order valence-electron chi connectivity index (χ4n) is 2.81. The fourth-order valence-corrected chi connectivity index (χ4v) is 2.92. The van der Waals surface area contributed by atoms with E-state index in [1.807, 2.05) is 19.9 Å². The molecule has 138 valence electrons. The molecule has 1 aliphatic heterocycles. The van der Waals surface area contributed by atoms with Crippen molar-refractivity contribution in [2.45, 2.75) is 50.4 Å². The summed E-state index contributed by atoms with van der Waals surface area (Å²) in [5.41, 5.74) is 1.96. The van der Waals surface area contributed by atoms with Crippen LogP contribution in [-0.4, -0.2) is 35.8 Å². The van der Waals surface area contributed by atoms with Crippen LogP contribution in [0.3, 0.4) is 0 Å². The zero-order chi connectivity index (χ0) is 18.4. The van der Waals surface area contributed by atoms with Gasteiger partial charge >= 0.3 is 0 Å². The number of benzene rings is 1. The molecule has 0 saturated carbocycles. The zero-order valence-electron chi connectivity index (χ0n) is 14.6. The molecule has 0 unspecified atom stereocenters. The fraction of sp³-hybridized carbons (Fsp3) is 0.556. The number of carbonyl (C=O) groups is 2. The van der Waals surface area contributed by atoms with Crippen LogP contribution < -0.4 is 15.5 Å². The Morgan fingerprint density at radius 3 is 2.48 bits per heavy atom. The predicted molar refractivity (Wildman–Crippen MR) is 104 cm³/mol. The third kappa shape index (κ3) is 5.51. The number of rotatable bonds is 6. The Labute approximate surface area is 159 Å². The van der Waals surface area contributed by atoms with Crippen molar-refractivity contribution in [3.8, 4) is 0 Å². The third-order valence-electron chi connectivity index (χ3n) is 4.39. The summed E-state index contributed by atoms with van der Waals surface area (Å²) in [6.07, 6.45) is 4.30. The Hall–Kier alpha value is -1.46. The summed E-state index contributed by atoms with van der Waals surface area (Å²) >= 11 is 11.2. The second kappa shape index (κ2) is 9.30. The Kier molecular flexibility index (Phi) is 7.38. The minimum Gasteiger partial charge on any atom is -0.371 e. The minimum absolute atomic E-state index is 0.0787. The lowest BCUT2D eigenvalue weighted by Crippen LogP contribution is -2.35. The largest absolute Gasteiger partial charge is 0.371 e. The zero-order valence-corrected chi connectivity index (χ0v) is 16.2. The van der Waals surface area contributed by atoms with Crippen molar-refractivity contribution < 1.29 is 9.59 Å². The van der Waals surface area contributed by atoms with Crippen LogP contribution in [0.5, 0.6) is 0 Å². The molecule has 0 spiro atoms. The first kappa shape index (κ1) is 19.9. The van der Waals surface area contributed by atoms with E-state index in [2.05, 4.69) is 15.5 Å². The van der Waals surface area contributed by atoms with Crippen LogP contribution >= 0.6 is 23.2 Å². The Bertz CT molecular complexity index is 616. The maximum absolute atomic E-state index is 12.7. The highest BCUT2D eigenvalue weighted by Crippen LogP contribution is 2.27. The van der Waals surface area contributed by atoms with E-state index in [-0.39, 0.29) is 11.9 Å². The van der Waals surface area contributed by atoms with E-state index in [9.17, 15) is 9.59 Å². The molecule has 25 heavy (non-hydrogen) atoms. The molecule has 5 nitrogen and oxygen atoms in total. The van der Waals surface area contributed by atoms with E-state index in [4.69, 9.17) is 23.2 Å². The van der Waals surface area contributed by atoms with Gasteiger partial charge in [0.2, 0.25) is 0 Å². The first-order valence-corrected chi connectivity index (χ1v) is 9.58. The van der Waals surface area contributed by atoms with E-state index in [1.54, 1.807) is 12.1 Å². The summed E-state index contributed by atoms with van der Waals surface area (Å²) in [4.78, 5) is 25.5. The molecule has 2 N–H and O–H groups in total. The predicted octanol–water partition coefficient (Wildman–Crippen LogP) is 3.95. The second-order valence-electron chi connectivity index (χ2n) is 6.35. The maximum atomic E-state index is 12.7. The number of hydrogen-bond acceptors (Lipinski definition) is 3. The van der Waals surface area contributed by atoms with Crippen LogP contribution in [-0.2, 0) is 4.79 Å². The number of carbonyl (C=O) groups excluding carboxylic acids is 2. The number of anilines is 2. The van der Waals surface area contributed by atoms with Crippen molar-refractivity contribution >= 4 is 46.4 Å². The maximum Gasteiger partial charge on any atom is 0.257 e. The minimum atomic E-state index is -1.15. The summed E-state index contributed by atoms with van der Waals surface area (Å²) in [7, 11) is 0. The number of piperidine rings is 1. The van der Waals surface area contributed by atoms with Gasteiger partial charge in [-0.25, -0.2) is 0 Å². The summed E-state index contributed by atoms with van der Waals surface area (Å²) in [5, 5.41) is 5.63. The average molecular weight is 386 g/mol. The standard InChI is InChI=1S/C18H25Cl2N3O2/c1-3-12(2)21-17(24)14-11-13(22-18(25)16(19)20)7-8-15(14)23-9-5-4-6-10-23/h7-8,11-12,16H,3-6,9-10H2,1-2H3,(H,21,24)(H,22,25)/t12-/m1/s1. The molecule has 1 aliphatic rings. The van der Waals surface area contributed by atoms with E-state index in [0.29, 0.717) is 11.3 Å².